The Morgan fingerprint density at radius 1 is 0.397 bits per heavy atom. The Bertz CT molecular complexity index is 1880. The first-order valence-corrected chi connectivity index (χ1v) is 15.6. The van der Waals surface area contributed by atoms with Crippen LogP contribution < -0.4 is 0 Å². The van der Waals surface area contributed by atoms with Gasteiger partial charge in [0, 0.05) is 69.6 Å². The summed E-state index contributed by atoms with van der Waals surface area (Å²) in [5.74, 6) is 8.71. The third-order valence-corrected chi connectivity index (χ3v) is 7.08. The van der Waals surface area contributed by atoms with Crippen molar-refractivity contribution in [2.75, 3.05) is 0 Å². The van der Waals surface area contributed by atoms with E-state index in [4.69, 9.17) is 31.0 Å². The molecule has 0 aliphatic rings. The number of hydrogen-bond donors (Lipinski definition) is 0. The number of aromatic nitrogens is 6. The van der Waals surface area contributed by atoms with Gasteiger partial charge >= 0.3 is 34.1 Å². The summed E-state index contributed by atoms with van der Waals surface area (Å²) in [5.41, 5.74) is 6.86. The fraction of sp³-hybridized carbons (Fsp3) is 0.150. The molecule has 0 fully saturated rings. The minimum atomic E-state index is 0. The largest absolute Gasteiger partial charge is 3.00 e. The maximum atomic E-state index is 7.43. The molecule has 6 aromatic rings. The van der Waals surface area contributed by atoms with Crippen molar-refractivity contribution < 1.29 is 34.1 Å². The van der Waals surface area contributed by atoms with Crippen LogP contribution in [-0.2, 0) is 73.4 Å². The Morgan fingerprint density at radius 3 is 0.914 bits per heavy atom. The third-order valence-electron chi connectivity index (χ3n) is 7.08. The molecule has 292 valence electrons. The van der Waals surface area contributed by atoms with Gasteiger partial charge in [-0.2, -0.15) is 23.9 Å². The van der Waals surface area contributed by atoms with Crippen LogP contribution in [0.4, 0.5) is 0 Å². The van der Waals surface area contributed by atoms with Gasteiger partial charge in [0.15, 0.2) is 5.82 Å². The van der Waals surface area contributed by atoms with Crippen LogP contribution in [0.15, 0.2) is 134 Å². The van der Waals surface area contributed by atoms with Crippen LogP contribution in [0.3, 0.4) is 0 Å². The average Bonchev–Trinajstić information content (AvgIpc) is 3.21. The van der Waals surface area contributed by atoms with E-state index in [9.17, 15) is 0 Å². The molecule has 0 unspecified atom stereocenters. The SMILES string of the molecule is [BH3-]C#N.[BH3-]C#N.[BH3-]C#N.[BH3-]C#N.[Fe+3].[Fe+3].c1ccc(-c2nc(CN(Cc3ccccn3)Cc3ccccn3)cc(CN(Cc3ccccn3)Cc3ccccn3)n2)cc1. The molecule has 0 saturated carbocycles. The van der Waals surface area contributed by atoms with E-state index in [1.807, 2.05) is 115 Å². The zero-order valence-electron chi connectivity index (χ0n) is 29.0. The van der Waals surface area contributed by atoms with Gasteiger partial charge in [-0.1, -0.05) is 54.6 Å². The monoisotopic (exact) mass is 850 g/mol. The van der Waals surface area contributed by atoms with Crippen LogP contribution >= 0.6 is 0 Å². The maximum absolute atomic E-state index is 7.43. The summed E-state index contributed by atoms with van der Waals surface area (Å²) in [6.07, 6.45) is 7.34. The fourth-order valence-corrected chi connectivity index (χ4v) is 5.11. The van der Waals surface area contributed by atoms with Crippen molar-refractivity contribution >= 4 is 31.4 Å². The van der Waals surface area contributed by atoms with Crippen LogP contribution in [0.25, 0.3) is 11.4 Å². The molecule has 18 heteroatoms. The molecule has 0 N–H and O–H groups in total. The van der Waals surface area contributed by atoms with Crippen molar-refractivity contribution in [2.45, 2.75) is 39.3 Å². The van der Waals surface area contributed by atoms with E-state index in [0.717, 1.165) is 39.7 Å². The van der Waals surface area contributed by atoms with Gasteiger partial charge < -0.3 is 0 Å². The minimum Gasteiger partial charge on any atom is -0.286 e. The van der Waals surface area contributed by atoms with Gasteiger partial charge in [0.25, 0.3) is 0 Å². The van der Waals surface area contributed by atoms with Gasteiger partial charge in [-0.25, -0.2) is 9.97 Å². The van der Waals surface area contributed by atoms with Crippen molar-refractivity contribution in [3.05, 3.63) is 168 Å². The number of nitriles is 4. The first-order chi connectivity index (χ1) is 27.4. The Balaban J connectivity index is 0.00000208. The van der Waals surface area contributed by atoms with Gasteiger partial charge in [-0.3, -0.25) is 50.8 Å². The topological polar surface area (TPSA) is 179 Å². The Kier molecular flexibility index (Phi) is 29.8. The third kappa shape index (κ3) is 22.0. The number of pyridine rings is 4. The second-order valence-corrected chi connectivity index (χ2v) is 10.6. The van der Waals surface area contributed by atoms with Crippen molar-refractivity contribution in [3.8, 4) is 35.3 Å². The predicted octanol–water partition coefficient (Wildman–Crippen LogP) is 1.45. The molecule has 0 amide bonds. The molecule has 58 heavy (non-hydrogen) atoms. The molecule has 12 nitrogen and oxygen atoms in total. The van der Waals surface area contributed by atoms with Crippen LogP contribution in [0, 0.1) is 44.9 Å². The predicted molar refractivity (Wildman–Crippen MR) is 233 cm³/mol. The molecular weight excluding hydrogens is 803 g/mol. The normalized spacial score (nSPS) is 9.07. The Hall–Kier alpha value is -5.92. The van der Waals surface area contributed by atoms with Crippen LogP contribution in [0.2, 0.25) is 0 Å². The van der Waals surface area contributed by atoms with E-state index in [-0.39, 0.29) is 65.5 Å². The van der Waals surface area contributed by atoms with Crippen molar-refractivity contribution in [1.82, 2.24) is 39.7 Å². The second-order valence-electron chi connectivity index (χ2n) is 10.6. The van der Waals surface area contributed by atoms with Gasteiger partial charge in [-0.15, -0.1) is 0 Å². The molecule has 0 aliphatic heterocycles. The Labute approximate surface area is 367 Å². The standard InChI is InChI=1S/C36H34N8.4CH3BN.2Fe/c1-2-12-29(13-3-1)36-41-34(27-43(23-30-14-4-8-18-37-30)24-31-15-5-9-19-38-31)22-35(42-36)28-44(25-32-16-6-10-20-39-32)26-33-17-7-11-21-40-33;4*2-1-3;;/h1-22H,23-28H2;4*2H3;;/q;4*-1;2*+3. The van der Waals surface area contributed by atoms with Crippen molar-refractivity contribution in [1.29, 1.82) is 21.0 Å². The molecule has 5 heterocycles. The summed E-state index contributed by atoms with van der Waals surface area (Å²) in [6, 6.07) is 36.4. The van der Waals surface area contributed by atoms with Crippen molar-refractivity contribution in [2.24, 2.45) is 0 Å². The van der Waals surface area contributed by atoms with Crippen LogP contribution in [-0.4, -0.2) is 71.1 Å². The minimum absolute atomic E-state index is 0. The van der Waals surface area contributed by atoms with Gasteiger partial charge in [0.05, 0.1) is 65.5 Å². The molecule has 0 atom stereocenters. The number of rotatable bonds is 13. The second kappa shape index (κ2) is 33.2. The van der Waals surface area contributed by atoms with E-state index >= 15 is 0 Å². The zero-order chi connectivity index (χ0) is 40.6. The van der Waals surface area contributed by atoms with E-state index in [0.29, 0.717) is 45.1 Å². The number of nitrogens with zero attached hydrogens (tertiary/aromatic N) is 12. The Morgan fingerprint density at radius 2 is 0.655 bits per heavy atom. The summed E-state index contributed by atoms with van der Waals surface area (Å²) in [6.45, 7) is 3.91. The van der Waals surface area contributed by atoms with Gasteiger partial charge in [-0.05, 0) is 54.6 Å². The number of hydrogen-bond acceptors (Lipinski definition) is 12. The molecule has 0 saturated heterocycles. The molecule has 2 radical (unpaired) electrons. The molecule has 5 aromatic heterocycles. The van der Waals surface area contributed by atoms with Gasteiger partial charge in [0.1, 0.15) is 0 Å². The zero-order valence-corrected chi connectivity index (χ0v) is 31.2. The van der Waals surface area contributed by atoms with E-state index in [1.165, 1.54) is 0 Å². The van der Waals surface area contributed by atoms with Crippen LogP contribution in [0.5, 0.6) is 0 Å². The van der Waals surface area contributed by atoms with E-state index in [1.54, 1.807) is 0 Å². The van der Waals surface area contributed by atoms with Gasteiger partial charge in [0.2, 0.25) is 0 Å². The van der Waals surface area contributed by atoms with E-state index < -0.39 is 0 Å². The fourth-order valence-electron chi connectivity index (χ4n) is 5.11. The molecule has 0 spiro atoms. The molecule has 6 rings (SSSR count). The maximum Gasteiger partial charge on any atom is 3.00 e. The summed E-state index contributed by atoms with van der Waals surface area (Å²) >= 11 is 0. The summed E-state index contributed by atoms with van der Waals surface area (Å²) < 4.78 is 0. The number of benzene rings is 1. The molecular formula is C40H46B4Fe2N12+2. The summed E-state index contributed by atoms with van der Waals surface area (Å²) in [5, 5.41) is 29.7. The van der Waals surface area contributed by atoms with E-state index in [2.05, 4.69) is 72.2 Å². The molecule has 1 aromatic carbocycles. The summed E-state index contributed by atoms with van der Waals surface area (Å²) in [7, 11) is 0.278. The average molecular weight is 850 g/mol. The quantitative estimate of drug-likeness (QED) is 0.153. The first kappa shape index (κ1) is 52.1. The smallest absolute Gasteiger partial charge is 0.286 e. The first-order valence-electron chi connectivity index (χ1n) is 15.6. The summed E-state index contributed by atoms with van der Waals surface area (Å²) in [4.78, 5) is 33.1. The van der Waals surface area contributed by atoms with Crippen LogP contribution in [0.1, 0.15) is 34.2 Å². The molecule has 0 bridgehead atoms. The molecule has 0 aliphatic carbocycles. The van der Waals surface area contributed by atoms with Crippen molar-refractivity contribution in [3.63, 3.8) is 0 Å².